The summed E-state index contributed by atoms with van der Waals surface area (Å²) in [5, 5.41) is 6.89. The van der Waals surface area contributed by atoms with Crippen LogP contribution in [0.4, 0.5) is 0 Å². The molecule has 1 N–H and O–H groups in total. The molecule has 11 heavy (non-hydrogen) atoms. The second kappa shape index (κ2) is 6.67. The molecule has 1 aromatic heterocycles. The Labute approximate surface area is 64.9 Å². The summed E-state index contributed by atoms with van der Waals surface area (Å²) < 4.78 is 0. The molecule has 0 unspecified atom stereocenters. The Morgan fingerprint density at radius 3 is 2.27 bits per heavy atom. The monoisotopic (exact) mass is 154 g/mol. The van der Waals surface area contributed by atoms with Gasteiger partial charge in [0, 0.05) is 18.8 Å². The van der Waals surface area contributed by atoms with Gasteiger partial charge in [-0.2, -0.15) is 0 Å². The molecule has 4 heteroatoms. The molecular formula is C7H10N2O2. The van der Waals surface area contributed by atoms with Crippen LogP contribution in [0.25, 0.3) is 0 Å². The highest BCUT2D eigenvalue weighted by molar-refractivity contribution is 5.32. The molecule has 4 nitrogen and oxygen atoms in total. The van der Waals surface area contributed by atoms with Crippen LogP contribution in [-0.4, -0.2) is 21.5 Å². The quantitative estimate of drug-likeness (QED) is 0.606. The van der Waals surface area contributed by atoms with Gasteiger partial charge < -0.3 is 5.11 Å². The van der Waals surface area contributed by atoms with Crippen molar-refractivity contribution in [3.8, 4) is 0 Å². The van der Waals surface area contributed by atoms with Gasteiger partial charge in [-0.3, -0.25) is 4.79 Å². The van der Waals surface area contributed by atoms with Gasteiger partial charge in [0.15, 0.2) is 0 Å². The van der Waals surface area contributed by atoms with Crippen molar-refractivity contribution in [2.45, 2.75) is 13.3 Å². The van der Waals surface area contributed by atoms with Crippen molar-refractivity contribution in [1.82, 2.24) is 9.97 Å². The molecule has 0 aliphatic carbocycles. The third-order valence-electron chi connectivity index (χ3n) is 0.935. The van der Waals surface area contributed by atoms with Crippen LogP contribution in [0.3, 0.4) is 0 Å². The summed E-state index contributed by atoms with van der Waals surface area (Å²) in [5.74, 6) is 0.910. The number of nitrogens with zero attached hydrogens (tertiary/aromatic N) is 2. The van der Waals surface area contributed by atoms with Crippen molar-refractivity contribution in [3.05, 3.63) is 24.3 Å². The highest BCUT2D eigenvalue weighted by Gasteiger charge is 1.83. The van der Waals surface area contributed by atoms with Crippen LogP contribution >= 0.6 is 0 Å². The first-order valence-electron chi connectivity index (χ1n) is 3.18. The van der Waals surface area contributed by atoms with Crippen LogP contribution in [0.5, 0.6) is 0 Å². The Balaban J connectivity index is 0.000000292. The molecular weight excluding hydrogens is 144 g/mol. The summed E-state index contributed by atoms with van der Waals surface area (Å²) in [6.45, 7) is 1.79. The van der Waals surface area contributed by atoms with E-state index in [1.807, 2.05) is 13.0 Å². The zero-order valence-corrected chi connectivity index (χ0v) is 6.27. The molecule has 0 amide bonds. The molecule has 60 valence electrons. The lowest BCUT2D eigenvalue weighted by molar-refractivity contribution is -0.122. The Morgan fingerprint density at radius 2 is 2.00 bits per heavy atom. The third kappa shape index (κ3) is 5.02. The molecule has 1 heterocycles. The predicted molar refractivity (Wildman–Crippen MR) is 40.1 cm³/mol. The Morgan fingerprint density at radius 1 is 1.55 bits per heavy atom. The normalized spacial score (nSPS) is 7.73. The Bertz CT molecular complexity index is 189. The van der Waals surface area contributed by atoms with Crippen LogP contribution < -0.4 is 0 Å². The van der Waals surface area contributed by atoms with Crippen molar-refractivity contribution in [1.29, 1.82) is 0 Å². The summed E-state index contributed by atoms with van der Waals surface area (Å²) in [4.78, 5) is 16.3. The van der Waals surface area contributed by atoms with E-state index in [0.29, 0.717) is 0 Å². The zero-order valence-electron chi connectivity index (χ0n) is 6.27. The van der Waals surface area contributed by atoms with E-state index in [1.54, 1.807) is 12.4 Å². The molecule has 1 rings (SSSR count). The first-order valence-corrected chi connectivity index (χ1v) is 3.18. The molecule has 0 aromatic carbocycles. The standard InChI is InChI=1S/C6H8N2.CH2O2/c1-2-6-7-4-3-5-8-6;2-1-3/h3-5H,2H2,1H3;1H,(H,2,3). The molecule has 1 aromatic rings. The van der Waals surface area contributed by atoms with Crippen LogP contribution in [0.2, 0.25) is 0 Å². The summed E-state index contributed by atoms with van der Waals surface area (Å²) in [6, 6.07) is 1.82. The van der Waals surface area contributed by atoms with E-state index in [-0.39, 0.29) is 6.47 Å². The lowest BCUT2D eigenvalue weighted by atomic mass is 10.4. The predicted octanol–water partition coefficient (Wildman–Crippen LogP) is 0.740. The number of rotatable bonds is 1. The Hall–Kier alpha value is -1.45. The minimum atomic E-state index is -0.250. The van der Waals surface area contributed by atoms with Gasteiger partial charge in [-0.25, -0.2) is 9.97 Å². The maximum atomic E-state index is 8.36. The molecule has 0 aliphatic heterocycles. The lowest BCUT2D eigenvalue weighted by Gasteiger charge is -1.87. The molecule has 0 saturated heterocycles. The third-order valence-corrected chi connectivity index (χ3v) is 0.935. The molecule has 0 aliphatic rings. The minimum Gasteiger partial charge on any atom is -0.483 e. The van der Waals surface area contributed by atoms with Gasteiger partial charge in [0.05, 0.1) is 0 Å². The molecule has 0 atom stereocenters. The minimum absolute atomic E-state index is 0.250. The van der Waals surface area contributed by atoms with Gasteiger partial charge in [0.1, 0.15) is 5.82 Å². The lowest BCUT2D eigenvalue weighted by Crippen LogP contribution is -1.87. The summed E-state index contributed by atoms with van der Waals surface area (Å²) >= 11 is 0. The second-order valence-corrected chi connectivity index (χ2v) is 1.62. The maximum absolute atomic E-state index is 8.36. The van der Waals surface area contributed by atoms with Gasteiger partial charge in [0.2, 0.25) is 0 Å². The van der Waals surface area contributed by atoms with E-state index < -0.39 is 0 Å². The van der Waals surface area contributed by atoms with Crippen molar-refractivity contribution < 1.29 is 9.90 Å². The fourth-order valence-corrected chi connectivity index (χ4v) is 0.513. The molecule has 0 spiro atoms. The summed E-state index contributed by atoms with van der Waals surface area (Å²) in [6.07, 6.45) is 4.43. The number of carbonyl (C=O) groups is 1. The van der Waals surface area contributed by atoms with Crippen molar-refractivity contribution in [2.75, 3.05) is 0 Å². The highest BCUT2D eigenvalue weighted by atomic mass is 16.3. The van der Waals surface area contributed by atoms with E-state index in [4.69, 9.17) is 9.90 Å². The number of aryl methyl sites for hydroxylation is 1. The van der Waals surface area contributed by atoms with E-state index >= 15 is 0 Å². The molecule has 0 fully saturated rings. The molecule has 0 saturated carbocycles. The van der Waals surface area contributed by atoms with Crippen LogP contribution in [-0.2, 0) is 11.2 Å². The van der Waals surface area contributed by atoms with Gasteiger partial charge in [-0.1, -0.05) is 6.92 Å². The smallest absolute Gasteiger partial charge is 0.290 e. The van der Waals surface area contributed by atoms with Crippen LogP contribution in [0.15, 0.2) is 18.5 Å². The summed E-state index contributed by atoms with van der Waals surface area (Å²) in [7, 11) is 0. The maximum Gasteiger partial charge on any atom is 0.290 e. The average molecular weight is 154 g/mol. The van der Waals surface area contributed by atoms with Gasteiger partial charge in [-0.15, -0.1) is 0 Å². The topological polar surface area (TPSA) is 63.1 Å². The Kier molecular flexibility index (Phi) is 5.79. The fraction of sp³-hybridized carbons (Fsp3) is 0.286. The van der Waals surface area contributed by atoms with Gasteiger partial charge >= 0.3 is 0 Å². The van der Waals surface area contributed by atoms with Gasteiger partial charge in [-0.05, 0) is 6.07 Å². The number of carboxylic acid groups (broad SMARTS) is 1. The largest absolute Gasteiger partial charge is 0.483 e. The number of aromatic nitrogens is 2. The van der Waals surface area contributed by atoms with E-state index in [9.17, 15) is 0 Å². The summed E-state index contributed by atoms with van der Waals surface area (Å²) in [5.41, 5.74) is 0. The SMILES string of the molecule is CCc1ncccn1.O=CO. The zero-order chi connectivity index (χ0) is 8.53. The fourth-order valence-electron chi connectivity index (χ4n) is 0.513. The van der Waals surface area contributed by atoms with Crippen LogP contribution in [0.1, 0.15) is 12.7 Å². The van der Waals surface area contributed by atoms with E-state index in [1.165, 1.54) is 0 Å². The molecule has 0 radical (unpaired) electrons. The van der Waals surface area contributed by atoms with Crippen molar-refractivity contribution >= 4 is 6.47 Å². The highest BCUT2D eigenvalue weighted by Crippen LogP contribution is 1.85. The number of hydrogen-bond donors (Lipinski definition) is 1. The van der Waals surface area contributed by atoms with Crippen LogP contribution in [0, 0.1) is 0 Å². The van der Waals surface area contributed by atoms with Crippen molar-refractivity contribution in [2.24, 2.45) is 0 Å². The second-order valence-electron chi connectivity index (χ2n) is 1.62. The van der Waals surface area contributed by atoms with E-state index in [2.05, 4.69) is 9.97 Å². The first kappa shape index (κ1) is 9.55. The van der Waals surface area contributed by atoms with E-state index in [0.717, 1.165) is 12.2 Å². The van der Waals surface area contributed by atoms with Gasteiger partial charge in [0.25, 0.3) is 6.47 Å². The average Bonchev–Trinajstić information content (AvgIpc) is 2.08. The van der Waals surface area contributed by atoms with Crippen molar-refractivity contribution in [3.63, 3.8) is 0 Å². The number of hydrogen-bond acceptors (Lipinski definition) is 3. The first-order chi connectivity index (χ1) is 5.35. The molecule has 0 bridgehead atoms.